The fraction of sp³-hybridized carbons (Fsp3) is 0.263. The zero-order valence-electron chi connectivity index (χ0n) is 14.3. The molecule has 7 nitrogen and oxygen atoms in total. The molecule has 4 heterocycles. The Morgan fingerprint density at radius 1 is 1.15 bits per heavy atom. The van der Waals surface area contributed by atoms with Crippen molar-refractivity contribution in [2.45, 2.75) is 25.6 Å². The van der Waals surface area contributed by atoms with E-state index >= 15 is 0 Å². The van der Waals surface area contributed by atoms with Gasteiger partial charge in [-0.05, 0) is 24.1 Å². The second kappa shape index (κ2) is 6.34. The van der Waals surface area contributed by atoms with E-state index in [0.717, 1.165) is 42.5 Å². The van der Waals surface area contributed by atoms with Gasteiger partial charge in [-0.1, -0.05) is 30.3 Å². The van der Waals surface area contributed by atoms with Gasteiger partial charge in [-0.3, -0.25) is 0 Å². The molecule has 3 aromatic rings. The zero-order chi connectivity index (χ0) is 17.3. The van der Waals surface area contributed by atoms with Gasteiger partial charge in [-0.15, -0.1) is 0 Å². The van der Waals surface area contributed by atoms with Crippen LogP contribution in [0.25, 0.3) is 0 Å². The Balaban J connectivity index is 1.45. The van der Waals surface area contributed by atoms with Gasteiger partial charge in [0.15, 0.2) is 5.82 Å². The smallest absolute Gasteiger partial charge is 0.227 e. The van der Waals surface area contributed by atoms with Crippen LogP contribution in [0.1, 0.15) is 29.3 Å². The van der Waals surface area contributed by atoms with Crippen LogP contribution in [0.5, 0.6) is 0 Å². The maximum atomic E-state index is 5.38. The van der Waals surface area contributed by atoms with Crippen molar-refractivity contribution in [1.82, 2.24) is 15.4 Å². The van der Waals surface area contributed by atoms with Crippen molar-refractivity contribution in [2.75, 3.05) is 22.2 Å². The summed E-state index contributed by atoms with van der Waals surface area (Å²) >= 11 is 0. The van der Waals surface area contributed by atoms with Gasteiger partial charge >= 0.3 is 0 Å². The van der Waals surface area contributed by atoms with Gasteiger partial charge in [0, 0.05) is 13.1 Å². The first-order valence-corrected chi connectivity index (χ1v) is 8.85. The van der Waals surface area contributed by atoms with Crippen LogP contribution in [0.2, 0.25) is 0 Å². The molecule has 1 unspecified atom stereocenters. The number of anilines is 3. The summed E-state index contributed by atoms with van der Waals surface area (Å²) in [7, 11) is 0. The fourth-order valence-electron chi connectivity index (χ4n) is 3.57. The molecule has 2 aromatic heterocycles. The topological polar surface area (TPSA) is 78.2 Å². The standard InChI is InChI=1S/C19H20N6O/c1-2-5-13(6-3-1)12-25-9-8-15-16-17(24-23-15)21-19(22-18(16)25)20-11-14-7-4-10-26-14/h1-7,10,15,23H,8-9,11-12H2,(H2,20,21,22,24). The van der Waals surface area contributed by atoms with E-state index in [1.807, 2.05) is 18.2 Å². The number of aromatic nitrogens is 2. The van der Waals surface area contributed by atoms with Gasteiger partial charge in [-0.25, -0.2) is 5.43 Å². The van der Waals surface area contributed by atoms with E-state index in [9.17, 15) is 0 Å². The summed E-state index contributed by atoms with van der Waals surface area (Å²) in [6.07, 6.45) is 2.70. The monoisotopic (exact) mass is 348 g/mol. The number of rotatable bonds is 5. The molecule has 0 saturated carbocycles. The Labute approximate surface area is 151 Å². The summed E-state index contributed by atoms with van der Waals surface area (Å²) in [4.78, 5) is 11.8. The molecule has 0 radical (unpaired) electrons. The third kappa shape index (κ3) is 2.76. The number of nitrogens with zero attached hydrogens (tertiary/aromatic N) is 3. The molecule has 1 atom stereocenters. The van der Waals surface area contributed by atoms with Crippen LogP contribution >= 0.6 is 0 Å². The predicted octanol–water partition coefficient (Wildman–Crippen LogP) is 3.06. The maximum Gasteiger partial charge on any atom is 0.227 e. The molecule has 0 aliphatic carbocycles. The summed E-state index contributed by atoms with van der Waals surface area (Å²) in [5, 5.41) is 3.26. The van der Waals surface area contributed by atoms with Gasteiger partial charge in [0.1, 0.15) is 11.6 Å². The molecule has 2 aliphatic heterocycles. The Bertz CT molecular complexity index is 896. The average Bonchev–Trinajstić information content (AvgIpc) is 3.34. The number of nitrogens with one attached hydrogen (secondary N) is 3. The SMILES string of the molecule is c1ccc(CN2CCC3NNc4nc(NCc5ccco5)nc2c43)cc1. The maximum absolute atomic E-state index is 5.38. The second-order valence-corrected chi connectivity index (χ2v) is 6.58. The molecule has 26 heavy (non-hydrogen) atoms. The summed E-state index contributed by atoms with van der Waals surface area (Å²) in [5.41, 5.74) is 8.97. The van der Waals surface area contributed by atoms with Gasteiger partial charge in [-0.2, -0.15) is 9.97 Å². The molecule has 1 aromatic carbocycles. The van der Waals surface area contributed by atoms with Crippen molar-refractivity contribution >= 4 is 17.6 Å². The average molecular weight is 348 g/mol. The second-order valence-electron chi connectivity index (χ2n) is 6.58. The van der Waals surface area contributed by atoms with Crippen molar-refractivity contribution < 1.29 is 4.42 Å². The molecule has 0 spiro atoms. The van der Waals surface area contributed by atoms with Crippen molar-refractivity contribution in [1.29, 1.82) is 0 Å². The van der Waals surface area contributed by atoms with Crippen LogP contribution in [0.15, 0.2) is 53.1 Å². The van der Waals surface area contributed by atoms with E-state index in [2.05, 4.69) is 50.3 Å². The van der Waals surface area contributed by atoms with E-state index in [1.54, 1.807) is 6.26 Å². The highest BCUT2D eigenvalue weighted by Gasteiger charge is 2.34. The van der Waals surface area contributed by atoms with Crippen molar-refractivity contribution in [3.05, 3.63) is 65.6 Å². The lowest BCUT2D eigenvalue weighted by atomic mass is 10.0. The lowest BCUT2D eigenvalue weighted by molar-refractivity contribution is 0.517. The molecule has 0 saturated heterocycles. The Hall–Kier alpha value is -3.06. The van der Waals surface area contributed by atoms with Crippen molar-refractivity contribution in [3.63, 3.8) is 0 Å². The normalized spacial score (nSPS) is 17.7. The lowest BCUT2D eigenvalue weighted by Gasteiger charge is -2.32. The Morgan fingerprint density at radius 2 is 2.08 bits per heavy atom. The van der Waals surface area contributed by atoms with Gasteiger partial charge in [0.2, 0.25) is 5.95 Å². The van der Waals surface area contributed by atoms with Crippen LogP contribution in [0.4, 0.5) is 17.6 Å². The van der Waals surface area contributed by atoms with E-state index in [-0.39, 0.29) is 6.04 Å². The minimum Gasteiger partial charge on any atom is -0.467 e. The third-order valence-corrected chi connectivity index (χ3v) is 4.84. The molecule has 7 heteroatoms. The lowest BCUT2D eigenvalue weighted by Crippen LogP contribution is -2.34. The number of furan rings is 1. The number of hydrogen-bond acceptors (Lipinski definition) is 7. The first-order chi connectivity index (χ1) is 12.9. The zero-order valence-corrected chi connectivity index (χ0v) is 14.3. The van der Waals surface area contributed by atoms with E-state index in [1.165, 1.54) is 5.56 Å². The van der Waals surface area contributed by atoms with Crippen LogP contribution < -0.4 is 21.1 Å². The minimum absolute atomic E-state index is 0.270. The molecular weight excluding hydrogens is 328 g/mol. The molecule has 132 valence electrons. The molecule has 0 bridgehead atoms. The molecule has 0 fully saturated rings. The Morgan fingerprint density at radius 3 is 2.92 bits per heavy atom. The highest BCUT2D eigenvalue weighted by Crippen LogP contribution is 2.41. The van der Waals surface area contributed by atoms with Crippen LogP contribution in [-0.2, 0) is 13.1 Å². The van der Waals surface area contributed by atoms with Crippen molar-refractivity contribution in [3.8, 4) is 0 Å². The van der Waals surface area contributed by atoms with Crippen molar-refractivity contribution in [2.24, 2.45) is 0 Å². The number of benzene rings is 1. The Kier molecular flexibility index (Phi) is 3.71. The van der Waals surface area contributed by atoms with Crippen LogP contribution in [0.3, 0.4) is 0 Å². The van der Waals surface area contributed by atoms with E-state index in [0.29, 0.717) is 12.5 Å². The molecule has 5 rings (SSSR count). The quantitative estimate of drug-likeness (QED) is 0.654. The number of hydrazine groups is 1. The first kappa shape index (κ1) is 15.2. The van der Waals surface area contributed by atoms with E-state index < -0.39 is 0 Å². The number of hydrogen-bond donors (Lipinski definition) is 3. The van der Waals surface area contributed by atoms with Crippen LogP contribution in [0, 0.1) is 0 Å². The highest BCUT2D eigenvalue weighted by atomic mass is 16.3. The summed E-state index contributed by atoms with van der Waals surface area (Å²) < 4.78 is 5.38. The minimum atomic E-state index is 0.270. The fourth-order valence-corrected chi connectivity index (χ4v) is 3.57. The summed E-state index contributed by atoms with van der Waals surface area (Å²) in [6.45, 7) is 2.35. The van der Waals surface area contributed by atoms with Crippen LogP contribution in [-0.4, -0.2) is 16.5 Å². The summed E-state index contributed by atoms with van der Waals surface area (Å²) in [6, 6.07) is 14.6. The van der Waals surface area contributed by atoms with Gasteiger partial charge in [0.05, 0.1) is 24.4 Å². The van der Waals surface area contributed by atoms with Gasteiger partial charge < -0.3 is 20.1 Å². The predicted molar refractivity (Wildman–Crippen MR) is 99.7 cm³/mol. The first-order valence-electron chi connectivity index (χ1n) is 8.85. The molecular formula is C19H20N6O. The largest absolute Gasteiger partial charge is 0.467 e. The van der Waals surface area contributed by atoms with E-state index in [4.69, 9.17) is 9.40 Å². The molecule has 3 N–H and O–H groups in total. The molecule has 2 aliphatic rings. The van der Waals surface area contributed by atoms with Gasteiger partial charge in [0.25, 0.3) is 0 Å². The highest BCUT2D eigenvalue weighted by molar-refractivity contribution is 5.67. The summed E-state index contributed by atoms with van der Waals surface area (Å²) in [5.74, 6) is 3.31. The third-order valence-electron chi connectivity index (χ3n) is 4.84. The molecule has 0 amide bonds.